The Bertz CT molecular complexity index is 958. The van der Waals surface area contributed by atoms with Gasteiger partial charge in [0.05, 0.1) is 11.2 Å². The number of aliphatic imine (C=N–C) groups is 1. The van der Waals surface area contributed by atoms with Gasteiger partial charge in [-0.15, -0.1) is 24.0 Å². The summed E-state index contributed by atoms with van der Waals surface area (Å²) in [6.45, 7) is 5.93. The Labute approximate surface area is 190 Å². The molecule has 0 amide bonds. The van der Waals surface area contributed by atoms with Crippen LogP contribution < -0.4 is 5.32 Å². The van der Waals surface area contributed by atoms with Crippen molar-refractivity contribution in [2.24, 2.45) is 12.0 Å². The van der Waals surface area contributed by atoms with Crippen LogP contribution in [0.1, 0.15) is 36.6 Å². The van der Waals surface area contributed by atoms with Gasteiger partial charge in [-0.25, -0.2) is 0 Å². The van der Waals surface area contributed by atoms with Gasteiger partial charge < -0.3 is 10.2 Å². The van der Waals surface area contributed by atoms with E-state index >= 15 is 0 Å². The third kappa shape index (κ3) is 5.68. The van der Waals surface area contributed by atoms with Gasteiger partial charge in [0.1, 0.15) is 0 Å². The molecule has 0 bridgehead atoms. The minimum Gasteiger partial charge on any atom is -0.356 e. The van der Waals surface area contributed by atoms with E-state index in [1.807, 2.05) is 31.0 Å². The fourth-order valence-electron chi connectivity index (χ4n) is 3.56. The van der Waals surface area contributed by atoms with Crippen molar-refractivity contribution < 1.29 is 0 Å². The fourth-order valence-corrected chi connectivity index (χ4v) is 3.56. The van der Waals surface area contributed by atoms with Crippen LogP contribution in [0.15, 0.2) is 47.7 Å². The number of halogens is 1. The van der Waals surface area contributed by atoms with Gasteiger partial charge in [-0.05, 0) is 24.0 Å². The maximum atomic E-state index is 4.60. The summed E-state index contributed by atoms with van der Waals surface area (Å²) in [7, 11) is 5.86. The van der Waals surface area contributed by atoms with Gasteiger partial charge in [0, 0.05) is 57.6 Å². The third-order valence-electron chi connectivity index (χ3n) is 4.86. The van der Waals surface area contributed by atoms with E-state index in [4.69, 9.17) is 0 Å². The second kappa shape index (κ2) is 10.6. The van der Waals surface area contributed by atoms with Crippen LogP contribution in [-0.4, -0.2) is 46.3 Å². The van der Waals surface area contributed by atoms with Crippen LogP contribution in [0.3, 0.4) is 0 Å². The van der Waals surface area contributed by atoms with Gasteiger partial charge in [-0.2, -0.15) is 5.10 Å². The Morgan fingerprint density at radius 1 is 1.21 bits per heavy atom. The van der Waals surface area contributed by atoms with Gasteiger partial charge in [0.2, 0.25) is 0 Å². The minimum atomic E-state index is 0. The summed E-state index contributed by atoms with van der Waals surface area (Å²) in [5, 5.41) is 9.26. The first-order valence-corrected chi connectivity index (χ1v) is 9.76. The number of hydrogen-bond donors (Lipinski definition) is 1. The van der Waals surface area contributed by atoms with Crippen molar-refractivity contribution in [2.45, 2.75) is 32.7 Å². The summed E-state index contributed by atoms with van der Waals surface area (Å²) in [4.78, 5) is 11.1. The molecule has 7 heteroatoms. The van der Waals surface area contributed by atoms with Crippen LogP contribution in [-0.2, 0) is 20.0 Å². The molecular formula is C22H31IN6. The Morgan fingerprint density at radius 2 is 1.97 bits per heavy atom. The fraction of sp³-hybridized carbons (Fsp3) is 0.409. The summed E-state index contributed by atoms with van der Waals surface area (Å²) < 4.78 is 1.89. The zero-order valence-electron chi connectivity index (χ0n) is 17.9. The standard InChI is InChI=1S/C22H30N6.HI/c1-16(2)20-19(15-28(5)26-20)14-27(4)22(23-3)25-13-11-18-9-6-8-17-10-7-12-24-21(17)18;/h6-10,12,15-16H,11,13-14H2,1-5H3,(H,23,25);1H. The van der Waals surface area contributed by atoms with Gasteiger partial charge in [0.25, 0.3) is 0 Å². The third-order valence-corrected chi connectivity index (χ3v) is 4.86. The summed E-state index contributed by atoms with van der Waals surface area (Å²) in [6, 6.07) is 10.4. The van der Waals surface area contributed by atoms with Crippen LogP contribution in [0.2, 0.25) is 0 Å². The molecule has 6 nitrogen and oxygen atoms in total. The largest absolute Gasteiger partial charge is 0.356 e. The maximum Gasteiger partial charge on any atom is 0.193 e. The molecule has 1 aromatic carbocycles. The van der Waals surface area contributed by atoms with Crippen LogP contribution in [0.4, 0.5) is 0 Å². The molecule has 0 aliphatic heterocycles. The van der Waals surface area contributed by atoms with E-state index in [0.717, 1.165) is 36.7 Å². The lowest BCUT2D eigenvalue weighted by Crippen LogP contribution is -2.39. The van der Waals surface area contributed by atoms with Crippen molar-refractivity contribution in [2.75, 3.05) is 20.6 Å². The van der Waals surface area contributed by atoms with Crippen molar-refractivity contribution in [1.82, 2.24) is 25.0 Å². The normalized spacial score (nSPS) is 11.6. The SMILES string of the molecule is CN=C(NCCc1cccc2cccnc12)N(C)Cc1cn(C)nc1C(C)C.I. The first-order chi connectivity index (χ1) is 13.5. The maximum absolute atomic E-state index is 4.60. The summed E-state index contributed by atoms with van der Waals surface area (Å²) >= 11 is 0. The first-order valence-electron chi connectivity index (χ1n) is 9.76. The van der Waals surface area contributed by atoms with Gasteiger partial charge in [0.15, 0.2) is 5.96 Å². The number of pyridine rings is 1. The molecule has 156 valence electrons. The monoisotopic (exact) mass is 506 g/mol. The number of fused-ring (bicyclic) bond motifs is 1. The molecule has 0 aliphatic carbocycles. The molecule has 0 fully saturated rings. The molecule has 3 aromatic rings. The predicted octanol–water partition coefficient (Wildman–Crippen LogP) is 3.96. The molecule has 3 rings (SSSR count). The number of para-hydroxylation sites is 1. The highest BCUT2D eigenvalue weighted by molar-refractivity contribution is 14.0. The number of hydrogen-bond acceptors (Lipinski definition) is 3. The molecule has 29 heavy (non-hydrogen) atoms. The quantitative estimate of drug-likeness (QED) is 0.313. The lowest BCUT2D eigenvalue weighted by Gasteiger charge is -2.22. The zero-order valence-corrected chi connectivity index (χ0v) is 20.2. The van der Waals surface area contributed by atoms with Crippen molar-refractivity contribution in [3.8, 4) is 0 Å². The zero-order chi connectivity index (χ0) is 20.1. The van der Waals surface area contributed by atoms with E-state index in [9.17, 15) is 0 Å². The van der Waals surface area contributed by atoms with Crippen LogP contribution >= 0.6 is 24.0 Å². The van der Waals surface area contributed by atoms with Crippen molar-refractivity contribution in [3.05, 3.63) is 59.5 Å². The first kappa shape index (κ1) is 23.1. The van der Waals surface area contributed by atoms with Crippen molar-refractivity contribution >= 4 is 40.8 Å². The highest BCUT2D eigenvalue weighted by Crippen LogP contribution is 2.19. The van der Waals surface area contributed by atoms with Crippen LogP contribution in [0.5, 0.6) is 0 Å². The van der Waals surface area contributed by atoms with E-state index in [0.29, 0.717) is 5.92 Å². The summed E-state index contributed by atoms with van der Waals surface area (Å²) in [5.74, 6) is 1.28. The van der Waals surface area contributed by atoms with Gasteiger partial charge in [-0.1, -0.05) is 38.1 Å². The predicted molar refractivity (Wildman–Crippen MR) is 131 cm³/mol. The van der Waals surface area contributed by atoms with Crippen LogP contribution in [0.25, 0.3) is 10.9 Å². The summed E-state index contributed by atoms with van der Waals surface area (Å²) in [5.41, 5.74) is 4.71. The summed E-state index contributed by atoms with van der Waals surface area (Å²) in [6.07, 6.45) is 4.85. The Morgan fingerprint density at radius 3 is 2.69 bits per heavy atom. The number of nitrogens with one attached hydrogen (secondary N) is 1. The second-order valence-electron chi connectivity index (χ2n) is 7.44. The van der Waals surface area contributed by atoms with Gasteiger partial charge in [-0.3, -0.25) is 14.7 Å². The number of nitrogens with zero attached hydrogens (tertiary/aromatic N) is 5. The molecule has 0 radical (unpaired) electrons. The average molecular weight is 506 g/mol. The molecule has 1 N–H and O–H groups in total. The highest BCUT2D eigenvalue weighted by Gasteiger charge is 2.15. The van der Waals surface area contributed by atoms with E-state index in [2.05, 4.69) is 76.6 Å². The molecule has 0 saturated carbocycles. The van der Waals surface area contributed by atoms with Gasteiger partial charge >= 0.3 is 0 Å². The molecular weight excluding hydrogens is 475 g/mol. The smallest absolute Gasteiger partial charge is 0.193 e. The molecule has 0 spiro atoms. The van der Waals surface area contributed by atoms with E-state index < -0.39 is 0 Å². The number of guanidine groups is 1. The van der Waals surface area contributed by atoms with Crippen LogP contribution in [0, 0.1) is 0 Å². The number of benzene rings is 1. The van der Waals surface area contributed by atoms with E-state index in [1.165, 1.54) is 16.5 Å². The molecule has 0 aliphatic rings. The van der Waals surface area contributed by atoms with Crippen molar-refractivity contribution in [1.29, 1.82) is 0 Å². The second-order valence-corrected chi connectivity index (χ2v) is 7.44. The number of rotatable bonds is 6. The Balaban J connectivity index is 0.00000300. The molecule has 0 atom stereocenters. The van der Waals surface area contributed by atoms with Crippen molar-refractivity contribution in [3.63, 3.8) is 0 Å². The number of aryl methyl sites for hydroxylation is 1. The van der Waals surface area contributed by atoms with E-state index in [-0.39, 0.29) is 24.0 Å². The number of aromatic nitrogens is 3. The average Bonchev–Trinajstić information content (AvgIpc) is 3.05. The van der Waals surface area contributed by atoms with E-state index in [1.54, 1.807) is 0 Å². The minimum absolute atomic E-state index is 0. The highest BCUT2D eigenvalue weighted by atomic mass is 127. The Kier molecular flexibility index (Phi) is 8.43. The topological polar surface area (TPSA) is 58.3 Å². The lowest BCUT2D eigenvalue weighted by molar-refractivity contribution is 0.474. The lowest BCUT2D eigenvalue weighted by atomic mass is 10.1. The molecule has 2 aromatic heterocycles. The molecule has 2 heterocycles. The Hall–Kier alpha value is -2.16. The molecule has 0 saturated heterocycles. The molecule has 0 unspecified atom stereocenters.